The second-order valence-corrected chi connectivity index (χ2v) is 9.06. The Hall–Kier alpha value is -0.0800. The van der Waals surface area contributed by atoms with Crippen LogP contribution in [0.4, 0.5) is 0 Å². The molecule has 2 unspecified atom stereocenters. The van der Waals surface area contributed by atoms with E-state index in [2.05, 4.69) is 45.3 Å². The molecule has 1 saturated carbocycles. The van der Waals surface area contributed by atoms with Crippen LogP contribution >= 0.6 is 0 Å². The van der Waals surface area contributed by atoms with Crippen LogP contribution in [0.3, 0.4) is 0 Å². The third-order valence-corrected chi connectivity index (χ3v) is 5.13. The highest BCUT2D eigenvalue weighted by Gasteiger charge is 2.38. The van der Waals surface area contributed by atoms with Gasteiger partial charge in [0, 0.05) is 18.1 Å². The molecule has 1 saturated heterocycles. The van der Waals surface area contributed by atoms with Gasteiger partial charge in [-0.1, -0.05) is 34.1 Å². The Balaban J connectivity index is 1.82. The topological polar surface area (TPSA) is 24.1 Å². The van der Waals surface area contributed by atoms with Gasteiger partial charge >= 0.3 is 0 Å². The smallest absolute Gasteiger partial charge is 0.00817 e. The third kappa shape index (κ3) is 5.04. The zero-order valence-corrected chi connectivity index (χ0v) is 14.4. The van der Waals surface area contributed by atoms with Gasteiger partial charge in [0.05, 0.1) is 0 Å². The maximum absolute atomic E-state index is 3.94. The lowest BCUT2D eigenvalue weighted by Crippen LogP contribution is -2.48. The number of piperidine rings is 1. The van der Waals surface area contributed by atoms with Gasteiger partial charge in [0.2, 0.25) is 0 Å². The fourth-order valence-corrected chi connectivity index (χ4v) is 4.99. The Morgan fingerprint density at radius 1 is 1.10 bits per heavy atom. The Bertz CT molecular complexity index is 287. The van der Waals surface area contributed by atoms with E-state index in [4.69, 9.17) is 0 Å². The van der Waals surface area contributed by atoms with Crippen molar-refractivity contribution in [2.75, 3.05) is 6.54 Å². The first kappa shape index (κ1) is 16.3. The van der Waals surface area contributed by atoms with E-state index in [1.807, 2.05) is 0 Å². The molecule has 0 radical (unpaired) electrons. The highest BCUT2D eigenvalue weighted by molar-refractivity contribution is 4.93. The van der Waals surface area contributed by atoms with Crippen LogP contribution in [0.2, 0.25) is 0 Å². The van der Waals surface area contributed by atoms with Crippen LogP contribution in [-0.2, 0) is 0 Å². The Kier molecular flexibility index (Phi) is 5.18. The zero-order valence-electron chi connectivity index (χ0n) is 14.4. The summed E-state index contributed by atoms with van der Waals surface area (Å²) >= 11 is 0. The SMILES string of the molecule is CC(CC1CCCCN1)NC1CC(C)(C)CC(C)(C)C1. The molecule has 0 spiro atoms. The highest BCUT2D eigenvalue weighted by Crippen LogP contribution is 2.45. The van der Waals surface area contributed by atoms with E-state index in [9.17, 15) is 0 Å². The van der Waals surface area contributed by atoms with E-state index in [0.29, 0.717) is 22.9 Å². The number of hydrogen-bond donors (Lipinski definition) is 2. The molecule has 118 valence electrons. The van der Waals surface area contributed by atoms with Crippen LogP contribution in [-0.4, -0.2) is 24.7 Å². The van der Waals surface area contributed by atoms with Gasteiger partial charge in [-0.15, -0.1) is 0 Å². The van der Waals surface area contributed by atoms with Crippen molar-refractivity contribution in [3.63, 3.8) is 0 Å². The molecule has 2 heteroatoms. The van der Waals surface area contributed by atoms with Crippen LogP contribution in [0.15, 0.2) is 0 Å². The molecule has 1 aliphatic heterocycles. The van der Waals surface area contributed by atoms with Crippen molar-refractivity contribution in [1.82, 2.24) is 10.6 Å². The summed E-state index contributed by atoms with van der Waals surface area (Å²) in [7, 11) is 0. The molecule has 1 aliphatic carbocycles. The van der Waals surface area contributed by atoms with Crippen molar-refractivity contribution in [3.8, 4) is 0 Å². The third-order valence-electron chi connectivity index (χ3n) is 5.13. The Labute approximate surface area is 126 Å². The standard InChI is InChI=1S/C18H36N2/c1-14(10-15-8-6-7-9-19-15)20-16-11-17(2,3)13-18(4,5)12-16/h14-16,19-20H,6-13H2,1-5H3. The molecule has 2 atom stereocenters. The quantitative estimate of drug-likeness (QED) is 0.810. The van der Waals surface area contributed by atoms with Crippen molar-refractivity contribution >= 4 is 0 Å². The average molecular weight is 281 g/mol. The summed E-state index contributed by atoms with van der Waals surface area (Å²) < 4.78 is 0. The summed E-state index contributed by atoms with van der Waals surface area (Å²) in [5.41, 5.74) is 0.977. The monoisotopic (exact) mass is 280 g/mol. The summed E-state index contributed by atoms with van der Waals surface area (Å²) in [5.74, 6) is 0. The summed E-state index contributed by atoms with van der Waals surface area (Å²) in [4.78, 5) is 0. The molecular weight excluding hydrogens is 244 g/mol. The summed E-state index contributed by atoms with van der Waals surface area (Å²) in [6.07, 6.45) is 9.46. The first-order chi connectivity index (χ1) is 9.26. The van der Waals surface area contributed by atoms with E-state index in [1.54, 1.807) is 0 Å². The summed E-state index contributed by atoms with van der Waals surface area (Å²) in [6.45, 7) is 13.4. The summed E-state index contributed by atoms with van der Waals surface area (Å²) in [5, 5.41) is 7.62. The molecule has 0 aromatic rings. The fraction of sp³-hybridized carbons (Fsp3) is 1.00. The Morgan fingerprint density at radius 3 is 2.30 bits per heavy atom. The minimum atomic E-state index is 0.488. The zero-order chi connectivity index (χ0) is 14.8. The fourth-order valence-electron chi connectivity index (χ4n) is 4.99. The van der Waals surface area contributed by atoms with Gasteiger partial charge in [-0.3, -0.25) is 0 Å². The number of hydrogen-bond acceptors (Lipinski definition) is 2. The van der Waals surface area contributed by atoms with Crippen molar-refractivity contribution < 1.29 is 0 Å². The van der Waals surface area contributed by atoms with Gasteiger partial charge in [0.1, 0.15) is 0 Å². The van der Waals surface area contributed by atoms with E-state index in [1.165, 1.54) is 51.5 Å². The predicted octanol–water partition coefficient (Wildman–Crippen LogP) is 4.10. The van der Waals surface area contributed by atoms with E-state index < -0.39 is 0 Å². The normalized spacial score (nSPS) is 31.9. The lowest BCUT2D eigenvalue weighted by molar-refractivity contribution is 0.0798. The van der Waals surface area contributed by atoms with Gasteiger partial charge in [0.15, 0.2) is 0 Å². The molecule has 2 fully saturated rings. The maximum Gasteiger partial charge on any atom is 0.00817 e. The van der Waals surface area contributed by atoms with Crippen molar-refractivity contribution in [2.24, 2.45) is 10.8 Å². The van der Waals surface area contributed by atoms with E-state index in [-0.39, 0.29) is 0 Å². The van der Waals surface area contributed by atoms with Crippen LogP contribution in [0.1, 0.15) is 79.6 Å². The van der Waals surface area contributed by atoms with Gasteiger partial charge < -0.3 is 10.6 Å². The molecule has 2 N–H and O–H groups in total. The molecular formula is C18H36N2. The van der Waals surface area contributed by atoms with E-state index >= 15 is 0 Å². The molecule has 2 nitrogen and oxygen atoms in total. The molecule has 2 rings (SSSR count). The molecule has 0 bridgehead atoms. The Morgan fingerprint density at radius 2 is 1.75 bits per heavy atom. The van der Waals surface area contributed by atoms with Gasteiger partial charge in [0.25, 0.3) is 0 Å². The second-order valence-electron chi connectivity index (χ2n) is 9.06. The molecule has 1 heterocycles. The molecule has 0 aromatic heterocycles. The van der Waals surface area contributed by atoms with Crippen LogP contribution in [0.25, 0.3) is 0 Å². The van der Waals surface area contributed by atoms with Crippen LogP contribution in [0.5, 0.6) is 0 Å². The van der Waals surface area contributed by atoms with Crippen molar-refractivity contribution in [1.29, 1.82) is 0 Å². The maximum atomic E-state index is 3.94. The van der Waals surface area contributed by atoms with Crippen molar-refractivity contribution in [3.05, 3.63) is 0 Å². The van der Waals surface area contributed by atoms with Gasteiger partial charge in [-0.05, 0) is 62.8 Å². The summed E-state index contributed by atoms with van der Waals surface area (Å²) in [6, 6.07) is 2.09. The minimum Gasteiger partial charge on any atom is -0.314 e. The van der Waals surface area contributed by atoms with Gasteiger partial charge in [-0.2, -0.15) is 0 Å². The molecule has 2 aliphatic rings. The lowest BCUT2D eigenvalue weighted by Gasteiger charge is -2.46. The number of rotatable bonds is 4. The van der Waals surface area contributed by atoms with Crippen LogP contribution in [0, 0.1) is 10.8 Å². The first-order valence-corrected chi connectivity index (χ1v) is 8.75. The average Bonchev–Trinajstić information content (AvgIpc) is 2.25. The van der Waals surface area contributed by atoms with Crippen molar-refractivity contribution in [2.45, 2.75) is 97.7 Å². The van der Waals surface area contributed by atoms with Gasteiger partial charge in [-0.25, -0.2) is 0 Å². The predicted molar refractivity (Wildman–Crippen MR) is 88.1 cm³/mol. The molecule has 0 amide bonds. The van der Waals surface area contributed by atoms with E-state index in [0.717, 1.165) is 6.04 Å². The first-order valence-electron chi connectivity index (χ1n) is 8.75. The highest BCUT2D eigenvalue weighted by atomic mass is 15.0. The molecule has 20 heavy (non-hydrogen) atoms. The largest absolute Gasteiger partial charge is 0.314 e. The second kappa shape index (κ2) is 6.36. The minimum absolute atomic E-state index is 0.488. The van der Waals surface area contributed by atoms with Crippen LogP contribution < -0.4 is 10.6 Å². The number of nitrogens with one attached hydrogen (secondary N) is 2. The lowest BCUT2D eigenvalue weighted by atomic mass is 9.63. The molecule has 0 aromatic carbocycles.